The average molecular weight is 320 g/mol. The minimum atomic E-state index is -1.16. The molecular weight excluding hydrogens is 306 g/mol. The van der Waals surface area contributed by atoms with Crippen LogP contribution < -0.4 is 5.32 Å². The van der Waals surface area contributed by atoms with Gasteiger partial charge in [0.05, 0.1) is 6.34 Å². The number of hydrogen-bond acceptors (Lipinski definition) is 3. The first-order chi connectivity index (χ1) is 11.3. The quantitative estimate of drug-likeness (QED) is 0.556. The molecular formula is C19H14ClN3. The summed E-state index contributed by atoms with van der Waals surface area (Å²) in [6.45, 7) is 0. The van der Waals surface area contributed by atoms with Crippen molar-refractivity contribution in [2.75, 3.05) is 0 Å². The van der Waals surface area contributed by atoms with Crippen LogP contribution in [0.4, 0.5) is 0 Å². The minimum Gasteiger partial charge on any atom is -0.331 e. The predicted octanol–water partition coefficient (Wildman–Crippen LogP) is 4.27. The van der Waals surface area contributed by atoms with Crippen molar-refractivity contribution in [1.82, 2.24) is 5.32 Å². The standard InChI is InChI=1S/C19H14ClN3/c20-19(17-12-6-10-14-7-4-5-11-16(14)17)22-13-21-18(23-19)15-8-2-1-3-9-15/h1-13H,(H,21,22,23). The Hall–Kier alpha value is -2.65. The van der Waals surface area contributed by atoms with Gasteiger partial charge in [0.25, 0.3) is 5.12 Å². The fraction of sp³-hybridized carbons (Fsp3) is 0.0526. The van der Waals surface area contributed by atoms with E-state index in [1.165, 1.54) is 0 Å². The van der Waals surface area contributed by atoms with Crippen LogP contribution in [0.1, 0.15) is 11.1 Å². The SMILES string of the molecule is ClC1(c2cccc3ccccc23)N=CNC(c2ccccc2)=N1. The number of nitrogens with one attached hydrogen (secondary N) is 1. The second kappa shape index (κ2) is 5.52. The summed E-state index contributed by atoms with van der Waals surface area (Å²) in [5.74, 6) is 0.712. The molecule has 1 unspecified atom stereocenters. The van der Waals surface area contributed by atoms with Crippen molar-refractivity contribution in [2.24, 2.45) is 9.98 Å². The average Bonchev–Trinajstić information content (AvgIpc) is 2.62. The van der Waals surface area contributed by atoms with Gasteiger partial charge < -0.3 is 5.32 Å². The molecule has 0 aromatic heterocycles. The Kier molecular flexibility index (Phi) is 3.36. The molecule has 0 aliphatic carbocycles. The number of halogens is 1. The molecule has 1 atom stereocenters. The highest BCUT2D eigenvalue weighted by Crippen LogP contribution is 2.38. The Morgan fingerprint density at radius 3 is 2.43 bits per heavy atom. The van der Waals surface area contributed by atoms with Gasteiger partial charge in [-0.3, -0.25) is 0 Å². The highest BCUT2D eigenvalue weighted by molar-refractivity contribution is 6.27. The van der Waals surface area contributed by atoms with Crippen LogP contribution in [0.5, 0.6) is 0 Å². The molecule has 0 saturated heterocycles. The van der Waals surface area contributed by atoms with E-state index in [0.29, 0.717) is 5.84 Å². The molecule has 112 valence electrons. The largest absolute Gasteiger partial charge is 0.331 e. The maximum Gasteiger partial charge on any atom is 0.256 e. The molecule has 0 fully saturated rings. The van der Waals surface area contributed by atoms with E-state index in [1.807, 2.05) is 60.7 Å². The van der Waals surface area contributed by atoms with Crippen LogP contribution >= 0.6 is 11.6 Å². The molecule has 23 heavy (non-hydrogen) atoms. The number of aliphatic imine (C=N–C) groups is 2. The molecule has 0 saturated carbocycles. The van der Waals surface area contributed by atoms with Gasteiger partial charge in [-0.2, -0.15) is 0 Å². The molecule has 0 amide bonds. The van der Waals surface area contributed by atoms with E-state index < -0.39 is 5.12 Å². The number of fused-ring (bicyclic) bond motifs is 1. The zero-order chi connectivity index (χ0) is 15.7. The van der Waals surface area contributed by atoms with E-state index in [2.05, 4.69) is 27.4 Å². The fourth-order valence-electron chi connectivity index (χ4n) is 2.76. The first kappa shape index (κ1) is 14.0. The van der Waals surface area contributed by atoms with Crippen molar-refractivity contribution < 1.29 is 0 Å². The number of rotatable bonds is 2. The van der Waals surface area contributed by atoms with Crippen molar-refractivity contribution in [3.8, 4) is 0 Å². The molecule has 3 aromatic rings. The molecule has 1 N–H and O–H groups in total. The first-order valence-corrected chi connectivity index (χ1v) is 7.77. The van der Waals surface area contributed by atoms with Gasteiger partial charge in [-0.1, -0.05) is 84.4 Å². The Morgan fingerprint density at radius 1 is 0.826 bits per heavy atom. The van der Waals surface area contributed by atoms with Gasteiger partial charge in [0.1, 0.15) is 5.84 Å². The summed E-state index contributed by atoms with van der Waals surface area (Å²) in [7, 11) is 0. The Bertz CT molecular complexity index is 913. The fourth-order valence-corrected chi connectivity index (χ4v) is 3.06. The van der Waals surface area contributed by atoms with Gasteiger partial charge in [0.2, 0.25) is 0 Å². The molecule has 0 radical (unpaired) electrons. The molecule has 4 rings (SSSR count). The van der Waals surface area contributed by atoms with Crippen LogP contribution in [0.15, 0.2) is 82.8 Å². The van der Waals surface area contributed by atoms with E-state index in [0.717, 1.165) is 21.9 Å². The van der Waals surface area contributed by atoms with Crippen LogP contribution in [0.25, 0.3) is 10.8 Å². The molecule has 3 aromatic carbocycles. The van der Waals surface area contributed by atoms with Crippen molar-refractivity contribution in [1.29, 1.82) is 0 Å². The van der Waals surface area contributed by atoms with Gasteiger partial charge in [-0.05, 0) is 10.8 Å². The summed E-state index contributed by atoms with van der Waals surface area (Å²) in [6.07, 6.45) is 1.62. The lowest BCUT2D eigenvalue weighted by atomic mass is 10.0. The monoisotopic (exact) mass is 319 g/mol. The van der Waals surface area contributed by atoms with E-state index in [-0.39, 0.29) is 0 Å². The van der Waals surface area contributed by atoms with E-state index in [1.54, 1.807) is 6.34 Å². The molecule has 1 heterocycles. The van der Waals surface area contributed by atoms with Gasteiger partial charge in [-0.25, -0.2) is 9.98 Å². The lowest BCUT2D eigenvalue weighted by molar-refractivity contribution is 0.680. The maximum absolute atomic E-state index is 6.80. The van der Waals surface area contributed by atoms with E-state index in [4.69, 9.17) is 11.6 Å². The summed E-state index contributed by atoms with van der Waals surface area (Å²) in [4.78, 5) is 9.08. The highest BCUT2D eigenvalue weighted by atomic mass is 35.5. The first-order valence-electron chi connectivity index (χ1n) is 7.39. The van der Waals surface area contributed by atoms with Crippen LogP contribution in [-0.2, 0) is 5.12 Å². The minimum absolute atomic E-state index is 0.712. The van der Waals surface area contributed by atoms with Crippen LogP contribution in [-0.4, -0.2) is 12.2 Å². The number of benzene rings is 3. The third-order valence-electron chi connectivity index (χ3n) is 3.88. The number of alkyl halides is 1. The molecule has 4 heteroatoms. The van der Waals surface area contributed by atoms with Crippen molar-refractivity contribution >= 4 is 34.5 Å². The second-order valence-electron chi connectivity index (χ2n) is 5.34. The Morgan fingerprint density at radius 2 is 1.57 bits per heavy atom. The van der Waals surface area contributed by atoms with Crippen molar-refractivity contribution in [3.63, 3.8) is 0 Å². The van der Waals surface area contributed by atoms with Crippen LogP contribution in [0, 0.1) is 0 Å². The second-order valence-corrected chi connectivity index (χ2v) is 5.87. The predicted molar refractivity (Wildman–Crippen MR) is 96.1 cm³/mol. The number of amidine groups is 1. The van der Waals surface area contributed by atoms with Crippen molar-refractivity contribution in [3.05, 3.63) is 83.9 Å². The Labute approximate surface area is 139 Å². The number of hydrogen-bond donors (Lipinski definition) is 1. The highest BCUT2D eigenvalue weighted by Gasteiger charge is 2.32. The van der Waals surface area contributed by atoms with Gasteiger partial charge in [-0.15, -0.1) is 0 Å². The summed E-state index contributed by atoms with van der Waals surface area (Å²) in [5.41, 5.74) is 1.85. The summed E-state index contributed by atoms with van der Waals surface area (Å²) in [5, 5.41) is 4.10. The smallest absolute Gasteiger partial charge is 0.256 e. The zero-order valence-corrected chi connectivity index (χ0v) is 13.0. The molecule has 0 bridgehead atoms. The molecule has 1 aliphatic rings. The van der Waals surface area contributed by atoms with Crippen LogP contribution in [0.3, 0.4) is 0 Å². The van der Waals surface area contributed by atoms with E-state index >= 15 is 0 Å². The topological polar surface area (TPSA) is 36.8 Å². The van der Waals surface area contributed by atoms with Gasteiger partial charge in [0.15, 0.2) is 0 Å². The summed E-state index contributed by atoms with van der Waals surface area (Å²) < 4.78 is 0. The molecule has 0 spiro atoms. The van der Waals surface area contributed by atoms with Crippen molar-refractivity contribution in [2.45, 2.75) is 5.12 Å². The zero-order valence-electron chi connectivity index (χ0n) is 12.3. The normalized spacial score (nSPS) is 20.1. The van der Waals surface area contributed by atoms with E-state index in [9.17, 15) is 0 Å². The van der Waals surface area contributed by atoms with Crippen LogP contribution in [0.2, 0.25) is 0 Å². The van der Waals surface area contributed by atoms with Gasteiger partial charge in [0, 0.05) is 11.1 Å². The third kappa shape index (κ3) is 2.49. The lowest BCUT2D eigenvalue weighted by Gasteiger charge is -2.25. The third-order valence-corrected chi connectivity index (χ3v) is 4.26. The Balaban J connectivity index is 1.87. The maximum atomic E-state index is 6.80. The van der Waals surface area contributed by atoms with Gasteiger partial charge >= 0.3 is 0 Å². The lowest BCUT2D eigenvalue weighted by Crippen LogP contribution is -2.32. The number of nitrogens with zero attached hydrogens (tertiary/aromatic N) is 2. The summed E-state index contributed by atoms with van der Waals surface area (Å²) >= 11 is 6.80. The molecule has 1 aliphatic heterocycles. The summed E-state index contributed by atoms with van der Waals surface area (Å²) in [6, 6.07) is 24.0. The molecule has 3 nitrogen and oxygen atoms in total.